The molecule has 4 heteroatoms. The number of nitrogens with zero attached hydrogens (tertiary/aromatic N) is 3. The van der Waals surface area contributed by atoms with E-state index in [1.54, 1.807) is 12.4 Å². The molecule has 0 unspecified atom stereocenters. The minimum Gasteiger partial charge on any atom is -0.397 e. The van der Waals surface area contributed by atoms with Crippen LogP contribution in [0.1, 0.15) is 17.0 Å². The highest BCUT2D eigenvalue weighted by molar-refractivity contribution is 5.45. The SMILES string of the molecule is Cc1nn(-c2cncc(N)c2)c(C)c1C. The van der Waals surface area contributed by atoms with Crippen LogP contribution < -0.4 is 5.73 Å². The summed E-state index contributed by atoms with van der Waals surface area (Å²) >= 11 is 0. The van der Waals surface area contributed by atoms with Crippen molar-refractivity contribution in [3.05, 3.63) is 35.4 Å². The van der Waals surface area contributed by atoms with Crippen molar-refractivity contribution >= 4 is 5.69 Å². The van der Waals surface area contributed by atoms with Crippen LogP contribution in [0, 0.1) is 20.8 Å². The molecule has 0 saturated heterocycles. The van der Waals surface area contributed by atoms with Gasteiger partial charge in [-0.2, -0.15) is 5.10 Å². The number of rotatable bonds is 1. The van der Waals surface area contributed by atoms with Gasteiger partial charge >= 0.3 is 0 Å². The third-order valence-electron chi connectivity index (χ3n) is 2.64. The second-order valence-corrected chi connectivity index (χ2v) is 3.68. The van der Waals surface area contributed by atoms with Crippen molar-refractivity contribution in [1.82, 2.24) is 14.8 Å². The first-order valence-corrected chi connectivity index (χ1v) is 4.83. The van der Waals surface area contributed by atoms with Crippen molar-refractivity contribution in [2.75, 3.05) is 5.73 Å². The van der Waals surface area contributed by atoms with Gasteiger partial charge in [-0.05, 0) is 32.4 Å². The Bertz CT molecular complexity index is 499. The van der Waals surface area contributed by atoms with Gasteiger partial charge in [-0.3, -0.25) is 4.98 Å². The molecule has 78 valence electrons. The zero-order valence-electron chi connectivity index (χ0n) is 9.15. The largest absolute Gasteiger partial charge is 0.397 e. The van der Waals surface area contributed by atoms with Crippen molar-refractivity contribution < 1.29 is 0 Å². The number of nitrogen functional groups attached to an aromatic ring is 1. The predicted octanol–water partition coefficient (Wildman–Crippen LogP) is 1.77. The molecule has 0 aliphatic carbocycles. The third kappa shape index (κ3) is 1.58. The van der Waals surface area contributed by atoms with Crippen LogP contribution in [-0.2, 0) is 0 Å². The van der Waals surface area contributed by atoms with Crippen molar-refractivity contribution in [3.8, 4) is 5.69 Å². The fraction of sp³-hybridized carbons (Fsp3) is 0.273. The number of anilines is 1. The molecule has 2 N–H and O–H groups in total. The number of hydrogen-bond donors (Lipinski definition) is 1. The Morgan fingerprint density at radius 2 is 1.93 bits per heavy atom. The maximum Gasteiger partial charge on any atom is 0.0852 e. The summed E-state index contributed by atoms with van der Waals surface area (Å²) in [6.45, 7) is 6.10. The monoisotopic (exact) mass is 202 g/mol. The van der Waals surface area contributed by atoms with Crippen LogP contribution in [0.5, 0.6) is 0 Å². The average molecular weight is 202 g/mol. The number of aryl methyl sites for hydroxylation is 1. The van der Waals surface area contributed by atoms with Crippen LogP contribution in [-0.4, -0.2) is 14.8 Å². The van der Waals surface area contributed by atoms with E-state index in [4.69, 9.17) is 5.73 Å². The van der Waals surface area contributed by atoms with Crippen LogP contribution in [0.15, 0.2) is 18.5 Å². The van der Waals surface area contributed by atoms with Gasteiger partial charge in [0.1, 0.15) is 0 Å². The molecule has 0 amide bonds. The van der Waals surface area contributed by atoms with Crippen molar-refractivity contribution in [1.29, 1.82) is 0 Å². The smallest absolute Gasteiger partial charge is 0.0852 e. The fourth-order valence-electron chi connectivity index (χ4n) is 1.53. The van der Waals surface area contributed by atoms with Crippen LogP contribution in [0.3, 0.4) is 0 Å². The molecule has 0 radical (unpaired) electrons. The average Bonchev–Trinajstić information content (AvgIpc) is 2.46. The van der Waals surface area contributed by atoms with E-state index >= 15 is 0 Å². The molecule has 0 aliphatic heterocycles. The molecule has 2 aromatic heterocycles. The summed E-state index contributed by atoms with van der Waals surface area (Å²) in [5, 5.41) is 4.44. The highest BCUT2D eigenvalue weighted by atomic mass is 15.3. The zero-order valence-corrected chi connectivity index (χ0v) is 9.15. The Labute approximate surface area is 88.8 Å². The van der Waals surface area contributed by atoms with Gasteiger partial charge in [0.2, 0.25) is 0 Å². The van der Waals surface area contributed by atoms with Crippen LogP contribution in [0.2, 0.25) is 0 Å². The highest BCUT2D eigenvalue weighted by Crippen LogP contribution is 2.17. The van der Waals surface area contributed by atoms with Gasteiger partial charge in [0.15, 0.2) is 0 Å². The van der Waals surface area contributed by atoms with Crippen LogP contribution in [0.25, 0.3) is 5.69 Å². The van der Waals surface area contributed by atoms with E-state index < -0.39 is 0 Å². The van der Waals surface area contributed by atoms with E-state index in [1.165, 1.54) is 5.56 Å². The minimum absolute atomic E-state index is 0.651. The molecule has 0 aromatic carbocycles. The van der Waals surface area contributed by atoms with E-state index in [-0.39, 0.29) is 0 Å². The van der Waals surface area contributed by atoms with Gasteiger partial charge in [0, 0.05) is 11.9 Å². The van der Waals surface area contributed by atoms with Gasteiger partial charge in [0.25, 0.3) is 0 Å². The van der Waals surface area contributed by atoms with Gasteiger partial charge in [-0.1, -0.05) is 0 Å². The maximum absolute atomic E-state index is 5.69. The second-order valence-electron chi connectivity index (χ2n) is 3.68. The Morgan fingerprint density at radius 3 is 2.47 bits per heavy atom. The summed E-state index contributed by atoms with van der Waals surface area (Å²) in [5.41, 5.74) is 10.6. The highest BCUT2D eigenvalue weighted by Gasteiger charge is 2.08. The van der Waals surface area contributed by atoms with Gasteiger partial charge < -0.3 is 5.73 Å². The van der Waals surface area contributed by atoms with Crippen molar-refractivity contribution in [3.63, 3.8) is 0 Å². The molecule has 0 fully saturated rings. The zero-order chi connectivity index (χ0) is 11.0. The minimum atomic E-state index is 0.651. The van der Waals surface area contributed by atoms with E-state index in [0.717, 1.165) is 17.1 Å². The number of aromatic nitrogens is 3. The van der Waals surface area contributed by atoms with E-state index in [1.807, 2.05) is 24.6 Å². The van der Waals surface area contributed by atoms with Crippen LogP contribution in [0.4, 0.5) is 5.69 Å². The molecular weight excluding hydrogens is 188 g/mol. The normalized spacial score (nSPS) is 10.6. The number of pyridine rings is 1. The topological polar surface area (TPSA) is 56.7 Å². The van der Waals surface area contributed by atoms with Crippen molar-refractivity contribution in [2.45, 2.75) is 20.8 Å². The predicted molar refractivity (Wildman–Crippen MR) is 60.0 cm³/mol. The lowest BCUT2D eigenvalue weighted by Gasteiger charge is -2.04. The molecule has 15 heavy (non-hydrogen) atoms. The number of hydrogen-bond acceptors (Lipinski definition) is 3. The summed E-state index contributed by atoms with van der Waals surface area (Å²) in [6.07, 6.45) is 3.39. The molecule has 4 nitrogen and oxygen atoms in total. The summed E-state index contributed by atoms with van der Waals surface area (Å²) < 4.78 is 1.87. The molecule has 2 rings (SSSR count). The molecule has 0 saturated carbocycles. The Morgan fingerprint density at radius 1 is 1.20 bits per heavy atom. The standard InChI is InChI=1S/C11H14N4/c1-7-8(2)14-15(9(7)3)11-4-10(12)5-13-6-11/h4-6H,12H2,1-3H3. The summed E-state index contributed by atoms with van der Waals surface area (Å²) in [6, 6.07) is 1.87. The molecular formula is C11H14N4. The first kappa shape index (κ1) is 9.71. The maximum atomic E-state index is 5.69. The molecule has 0 spiro atoms. The van der Waals surface area contributed by atoms with Gasteiger partial charge in [-0.25, -0.2) is 4.68 Å². The number of nitrogens with two attached hydrogens (primary N) is 1. The fourth-order valence-corrected chi connectivity index (χ4v) is 1.53. The van der Waals surface area contributed by atoms with E-state index in [9.17, 15) is 0 Å². The summed E-state index contributed by atoms with van der Waals surface area (Å²) in [4.78, 5) is 4.05. The van der Waals surface area contributed by atoms with E-state index in [2.05, 4.69) is 17.0 Å². The Kier molecular flexibility index (Phi) is 2.19. The third-order valence-corrected chi connectivity index (χ3v) is 2.64. The molecule has 0 aliphatic rings. The molecule has 2 aromatic rings. The first-order chi connectivity index (χ1) is 7.09. The summed E-state index contributed by atoms with van der Waals surface area (Å²) in [5.74, 6) is 0. The molecule has 2 heterocycles. The van der Waals surface area contributed by atoms with Crippen molar-refractivity contribution in [2.24, 2.45) is 0 Å². The van der Waals surface area contributed by atoms with E-state index in [0.29, 0.717) is 5.69 Å². The molecule has 0 atom stereocenters. The molecule has 0 bridgehead atoms. The van der Waals surface area contributed by atoms with Gasteiger partial charge in [-0.15, -0.1) is 0 Å². The lowest BCUT2D eigenvalue weighted by molar-refractivity contribution is 0.828. The van der Waals surface area contributed by atoms with Gasteiger partial charge in [0.05, 0.1) is 23.3 Å². The summed E-state index contributed by atoms with van der Waals surface area (Å²) in [7, 11) is 0. The second kappa shape index (κ2) is 3.38. The van der Waals surface area contributed by atoms with Crippen LogP contribution >= 0.6 is 0 Å². The first-order valence-electron chi connectivity index (χ1n) is 4.83. The lowest BCUT2D eigenvalue weighted by atomic mass is 10.2. The quantitative estimate of drug-likeness (QED) is 0.766. The lowest BCUT2D eigenvalue weighted by Crippen LogP contribution is -2.01. The Hall–Kier alpha value is -1.84. The Balaban J connectivity index is 2.59.